The molecule has 0 amide bonds. The predicted octanol–water partition coefficient (Wildman–Crippen LogP) is 3.47. The topological polar surface area (TPSA) is 21.3 Å². The van der Waals surface area contributed by atoms with Crippen LogP contribution in [0.4, 0.5) is 0 Å². The van der Waals surface area contributed by atoms with Crippen LogP contribution in [-0.4, -0.2) is 26.3 Å². The maximum Gasteiger partial charge on any atom is 0.0465 e. The second kappa shape index (κ2) is 8.93. The van der Waals surface area contributed by atoms with Crippen molar-refractivity contribution in [3.8, 4) is 0 Å². The minimum absolute atomic E-state index is 0.863. The van der Waals surface area contributed by atoms with E-state index in [0.29, 0.717) is 0 Å². The van der Waals surface area contributed by atoms with Crippen molar-refractivity contribution in [1.82, 2.24) is 5.32 Å². The van der Waals surface area contributed by atoms with Crippen LogP contribution in [0.25, 0.3) is 0 Å². The van der Waals surface area contributed by atoms with Gasteiger partial charge in [0, 0.05) is 13.2 Å². The monoisotopic (exact) mass is 241 g/mol. The van der Waals surface area contributed by atoms with Crippen molar-refractivity contribution in [2.24, 2.45) is 17.8 Å². The molecule has 0 aliphatic heterocycles. The first kappa shape index (κ1) is 15.0. The minimum Gasteiger partial charge on any atom is -0.382 e. The van der Waals surface area contributed by atoms with E-state index in [2.05, 4.69) is 26.1 Å². The molecule has 1 N–H and O–H groups in total. The zero-order valence-electron chi connectivity index (χ0n) is 12.0. The lowest BCUT2D eigenvalue weighted by atomic mass is 9.73. The average molecular weight is 241 g/mol. The van der Waals surface area contributed by atoms with Crippen molar-refractivity contribution in [2.45, 2.75) is 52.9 Å². The maximum absolute atomic E-state index is 5.45. The predicted molar refractivity (Wildman–Crippen MR) is 74.3 cm³/mol. The molecule has 102 valence electrons. The lowest BCUT2D eigenvalue weighted by molar-refractivity contribution is 0.120. The highest BCUT2D eigenvalue weighted by Crippen LogP contribution is 2.36. The molecule has 1 rings (SSSR count). The Labute approximate surface area is 108 Å². The molecule has 0 heterocycles. The fraction of sp³-hybridized carbons (Fsp3) is 1.00. The van der Waals surface area contributed by atoms with Crippen molar-refractivity contribution in [2.75, 3.05) is 26.3 Å². The van der Waals surface area contributed by atoms with E-state index in [-0.39, 0.29) is 0 Å². The molecule has 0 saturated heterocycles. The van der Waals surface area contributed by atoms with Gasteiger partial charge in [-0.05, 0) is 63.5 Å². The Morgan fingerprint density at radius 2 is 2.00 bits per heavy atom. The van der Waals surface area contributed by atoms with Crippen molar-refractivity contribution in [3.63, 3.8) is 0 Å². The van der Waals surface area contributed by atoms with E-state index in [4.69, 9.17) is 4.74 Å². The van der Waals surface area contributed by atoms with Gasteiger partial charge in [0.25, 0.3) is 0 Å². The molecule has 3 unspecified atom stereocenters. The quantitative estimate of drug-likeness (QED) is 0.657. The first-order chi connectivity index (χ1) is 8.27. The largest absolute Gasteiger partial charge is 0.382 e. The van der Waals surface area contributed by atoms with Crippen LogP contribution in [-0.2, 0) is 4.74 Å². The molecule has 0 spiro atoms. The summed E-state index contributed by atoms with van der Waals surface area (Å²) in [7, 11) is 0. The van der Waals surface area contributed by atoms with Crippen molar-refractivity contribution in [1.29, 1.82) is 0 Å². The summed E-state index contributed by atoms with van der Waals surface area (Å²) in [5.74, 6) is 2.77. The number of hydrogen-bond acceptors (Lipinski definition) is 2. The molecular formula is C15H31NO. The van der Waals surface area contributed by atoms with E-state index in [9.17, 15) is 0 Å². The van der Waals surface area contributed by atoms with Crippen LogP contribution in [0.15, 0.2) is 0 Å². The Morgan fingerprint density at radius 3 is 2.71 bits per heavy atom. The summed E-state index contributed by atoms with van der Waals surface area (Å²) in [5.41, 5.74) is 0. The highest BCUT2D eigenvalue weighted by molar-refractivity contribution is 4.80. The summed E-state index contributed by atoms with van der Waals surface area (Å²) in [5, 5.41) is 3.53. The highest BCUT2D eigenvalue weighted by atomic mass is 16.5. The van der Waals surface area contributed by atoms with E-state index in [1.54, 1.807) is 0 Å². The molecule has 17 heavy (non-hydrogen) atoms. The minimum atomic E-state index is 0.863. The van der Waals surface area contributed by atoms with E-state index in [1.165, 1.54) is 38.6 Å². The average Bonchev–Trinajstić information content (AvgIpc) is 2.33. The van der Waals surface area contributed by atoms with Gasteiger partial charge in [0.1, 0.15) is 0 Å². The van der Waals surface area contributed by atoms with Crippen molar-refractivity contribution in [3.05, 3.63) is 0 Å². The van der Waals surface area contributed by atoms with Gasteiger partial charge < -0.3 is 10.1 Å². The highest BCUT2D eigenvalue weighted by Gasteiger charge is 2.27. The molecule has 0 radical (unpaired) electrons. The number of ether oxygens (including phenoxy) is 1. The molecule has 1 aliphatic rings. The molecule has 1 saturated carbocycles. The maximum atomic E-state index is 5.45. The SMILES string of the molecule is CCNCC1CCC(C)CC1CCCOCC. The Bertz CT molecular complexity index is 182. The molecule has 2 heteroatoms. The Balaban J connectivity index is 2.27. The molecule has 0 aromatic rings. The van der Waals surface area contributed by atoms with Gasteiger partial charge in [0.2, 0.25) is 0 Å². The second-order valence-electron chi connectivity index (χ2n) is 5.59. The molecule has 1 aliphatic carbocycles. The second-order valence-corrected chi connectivity index (χ2v) is 5.59. The third-order valence-electron chi connectivity index (χ3n) is 4.13. The van der Waals surface area contributed by atoms with Gasteiger partial charge >= 0.3 is 0 Å². The van der Waals surface area contributed by atoms with Gasteiger partial charge in [-0.1, -0.05) is 20.3 Å². The summed E-state index contributed by atoms with van der Waals surface area (Å²) >= 11 is 0. The van der Waals surface area contributed by atoms with Gasteiger partial charge in [-0.2, -0.15) is 0 Å². The molecule has 0 aromatic heterocycles. The third-order valence-corrected chi connectivity index (χ3v) is 4.13. The normalized spacial score (nSPS) is 29.5. The van der Waals surface area contributed by atoms with E-state index >= 15 is 0 Å². The summed E-state index contributed by atoms with van der Waals surface area (Å²) in [6.45, 7) is 10.8. The number of nitrogens with one attached hydrogen (secondary N) is 1. The van der Waals surface area contributed by atoms with Crippen LogP contribution in [0.2, 0.25) is 0 Å². The molecule has 0 bridgehead atoms. The number of hydrogen-bond donors (Lipinski definition) is 1. The Morgan fingerprint density at radius 1 is 1.18 bits per heavy atom. The standard InChI is InChI=1S/C15H31NO/c1-4-16-12-15-9-8-13(3)11-14(15)7-6-10-17-5-2/h13-16H,4-12H2,1-3H3. The molecule has 3 atom stereocenters. The van der Waals surface area contributed by atoms with E-state index in [1.807, 2.05) is 0 Å². The molecular weight excluding hydrogens is 210 g/mol. The van der Waals surface area contributed by atoms with Gasteiger partial charge in [-0.15, -0.1) is 0 Å². The summed E-state index contributed by atoms with van der Waals surface area (Å²) < 4.78 is 5.45. The first-order valence-corrected chi connectivity index (χ1v) is 7.56. The zero-order chi connectivity index (χ0) is 12.5. The smallest absolute Gasteiger partial charge is 0.0465 e. The van der Waals surface area contributed by atoms with Crippen LogP contribution in [0.1, 0.15) is 52.9 Å². The van der Waals surface area contributed by atoms with Gasteiger partial charge in [0.05, 0.1) is 0 Å². The molecule has 1 fully saturated rings. The van der Waals surface area contributed by atoms with E-state index < -0.39 is 0 Å². The zero-order valence-corrected chi connectivity index (χ0v) is 12.0. The van der Waals surface area contributed by atoms with Crippen LogP contribution >= 0.6 is 0 Å². The van der Waals surface area contributed by atoms with Crippen molar-refractivity contribution >= 4 is 0 Å². The van der Waals surface area contributed by atoms with Crippen LogP contribution < -0.4 is 5.32 Å². The first-order valence-electron chi connectivity index (χ1n) is 7.56. The molecule has 2 nitrogen and oxygen atoms in total. The Hall–Kier alpha value is -0.0800. The molecule has 0 aromatic carbocycles. The van der Waals surface area contributed by atoms with E-state index in [0.717, 1.165) is 37.5 Å². The number of rotatable bonds is 8. The van der Waals surface area contributed by atoms with Crippen LogP contribution in [0, 0.1) is 17.8 Å². The fourth-order valence-corrected chi connectivity index (χ4v) is 3.11. The summed E-state index contributed by atoms with van der Waals surface area (Å²) in [6.07, 6.45) is 6.89. The van der Waals surface area contributed by atoms with Crippen LogP contribution in [0.5, 0.6) is 0 Å². The summed E-state index contributed by atoms with van der Waals surface area (Å²) in [4.78, 5) is 0. The van der Waals surface area contributed by atoms with Gasteiger partial charge in [-0.25, -0.2) is 0 Å². The Kier molecular flexibility index (Phi) is 7.87. The van der Waals surface area contributed by atoms with Gasteiger partial charge in [-0.3, -0.25) is 0 Å². The fourth-order valence-electron chi connectivity index (χ4n) is 3.11. The third kappa shape index (κ3) is 5.87. The summed E-state index contributed by atoms with van der Waals surface area (Å²) in [6, 6.07) is 0. The van der Waals surface area contributed by atoms with Crippen LogP contribution in [0.3, 0.4) is 0 Å². The van der Waals surface area contributed by atoms with Crippen molar-refractivity contribution < 1.29 is 4.74 Å². The van der Waals surface area contributed by atoms with Gasteiger partial charge in [0.15, 0.2) is 0 Å². The lowest BCUT2D eigenvalue weighted by Crippen LogP contribution is -2.32. The lowest BCUT2D eigenvalue weighted by Gasteiger charge is -2.35.